The van der Waals surface area contributed by atoms with Crippen molar-refractivity contribution in [2.24, 2.45) is 5.73 Å². The van der Waals surface area contributed by atoms with Crippen molar-refractivity contribution < 1.29 is 19.0 Å². The van der Waals surface area contributed by atoms with E-state index in [9.17, 15) is 4.79 Å². The van der Waals surface area contributed by atoms with Crippen molar-refractivity contribution in [2.45, 2.75) is 51.9 Å². The van der Waals surface area contributed by atoms with E-state index in [0.717, 1.165) is 62.1 Å². The van der Waals surface area contributed by atoms with Gasteiger partial charge < -0.3 is 25.3 Å². The Kier molecular flexibility index (Phi) is 11.6. The number of amides is 1. The molecule has 0 heterocycles. The molecule has 0 spiro atoms. The van der Waals surface area contributed by atoms with E-state index >= 15 is 0 Å². The zero-order valence-corrected chi connectivity index (χ0v) is 16.9. The fraction of sp³-hybridized carbons (Fsp3) is 0.571. The van der Waals surface area contributed by atoms with Crippen LogP contribution in [0, 0.1) is 6.92 Å². The zero-order valence-electron chi connectivity index (χ0n) is 16.9. The van der Waals surface area contributed by atoms with Gasteiger partial charge in [0.15, 0.2) is 0 Å². The Bertz CT molecular complexity index is 588. The van der Waals surface area contributed by atoms with Gasteiger partial charge in [-0.25, -0.2) is 0 Å². The van der Waals surface area contributed by atoms with Gasteiger partial charge in [-0.15, -0.1) is 0 Å². The van der Waals surface area contributed by atoms with Crippen LogP contribution in [-0.4, -0.2) is 33.3 Å². The van der Waals surface area contributed by atoms with Crippen LogP contribution in [0.3, 0.4) is 0 Å². The van der Waals surface area contributed by atoms with Crippen LogP contribution in [0.4, 0.5) is 0 Å². The second-order valence-electron chi connectivity index (χ2n) is 6.39. The first-order valence-corrected chi connectivity index (χ1v) is 9.61. The molecule has 0 bridgehead atoms. The van der Waals surface area contributed by atoms with Gasteiger partial charge in [-0.05, 0) is 45.2 Å². The summed E-state index contributed by atoms with van der Waals surface area (Å²) in [5.74, 6) is 2.30. The molecule has 3 N–H and O–H groups in total. The second kappa shape index (κ2) is 13.8. The highest BCUT2D eigenvalue weighted by Gasteiger charge is 2.09. The highest BCUT2D eigenvalue weighted by molar-refractivity contribution is 5.75. The Hall–Kier alpha value is -2.37. The van der Waals surface area contributed by atoms with E-state index < -0.39 is 0 Å². The number of methoxy groups -OCH3 is 2. The Labute approximate surface area is 163 Å². The molecule has 152 valence electrons. The number of ether oxygens (including phenoxy) is 3. The lowest BCUT2D eigenvalue weighted by molar-refractivity contribution is -0.121. The van der Waals surface area contributed by atoms with Crippen molar-refractivity contribution in [2.75, 3.05) is 27.4 Å². The summed E-state index contributed by atoms with van der Waals surface area (Å²) >= 11 is 0. The number of hydrogen-bond donors (Lipinski definition) is 2. The predicted molar refractivity (Wildman–Crippen MR) is 108 cm³/mol. The van der Waals surface area contributed by atoms with E-state index in [2.05, 4.69) is 5.32 Å². The van der Waals surface area contributed by atoms with Gasteiger partial charge in [0.05, 0.1) is 20.8 Å². The summed E-state index contributed by atoms with van der Waals surface area (Å²) in [6.07, 6.45) is 9.90. The first-order chi connectivity index (χ1) is 13.1. The van der Waals surface area contributed by atoms with Crippen molar-refractivity contribution in [1.82, 2.24) is 5.32 Å². The smallest absolute Gasteiger partial charge is 0.219 e. The summed E-state index contributed by atoms with van der Waals surface area (Å²) in [6, 6.07) is 3.69. The van der Waals surface area contributed by atoms with Gasteiger partial charge in [-0.3, -0.25) is 4.79 Å². The molecule has 0 saturated carbocycles. The molecule has 1 aromatic rings. The number of nitrogens with two attached hydrogens (primary N) is 1. The number of benzene rings is 1. The summed E-state index contributed by atoms with van der Waals surface area (Å²) in [6.45, 7) is 3.25. The number of carbonyl (C=O) groups excluding carboxylic acids is 1. The minimum absolute atomic E-state index is 0.107. The van der Waals surface area contributed by atoms with Crippen molar-refractivity contribution in [1.29, 1.82) is 0 Å². The maximum Gasteiger partial charge on any atom is 0.219 e. The third kappa shape index (κ3) is 9.22. The van der Waals surface area contributed by atoms with E-state index in [1.54, 1.807) is 20.4 Å². The highest BCUT2D eigenvalue weighted by Crippen LogP contribution is 2.33. The molecule has 0 radical (unpaired) electrons. The van der Waals surface area contributed by atoms with Gasteiger partial charge in [0, 0.05) is 30.7 Å². The third-order valence-electron chi connectivity index (χ3n) is 4.30. The van der Waals surface area contributed by atoms with Crippen LogP contribution >= 0.6 is 0 Å². The highest BCUT2D eigenvalue weighted by atomic mass is 16.5. The fourth-order valence-electron chi connectivity index (χ4n) is 2.66. The van der Waals surface area contributed by atoms with Gasteiger partial charge in [-0.2, -0.15) is 0 Å². The lowest BCUT2D eigenvalue weighted by Crippen LogP contribution is -2.24. The number of carbonyl (C=O) groups is 1. The first kappa shape index (κ1) is 22.7. The van der Waals surface area contributed by atoms with Gasteiger partial charge in [0.2, 0.25) is 5.91 Å². The van der Waals surface area contributed by atoms with Crippen LogP contribution in [-0.2, 0) is 4.79 Å². The van der Waals surface area contributed by atoms with E-state index in [1.807, 2.05) is 25.1 Å². The number of unbranched alkanes of at least 4 members (excludes halogenated alkanes) is 4. The van der Waals surface area contributed by atoms with E-state index in [-0.39, 0.29) is 5.91 Å². The standard InChI is InChI=1S/C21H34N2O4/c1-17-19(26-3)15-18(25-2)16-20(17)27-14-10-7-11-21(24)23-13-9-6-4-5-8-12-22/h8,12,15-16H,4-7,9-11,13-14,22H2,1-3H3,(H,23,24)/b12-8-. The predicted octanol–water partition coefficient (Wildman–Crippen LogP) is 3.71. The average Bonchev–Trinajstić information content (AvgIpc) is 2.68. The van der Waals surface area contributed by atoms with Crippen LogP contribution in [0.25, 0.3) is 0 Å². The van der Waals surface area contributed by atoms with Crippen LogP contribution < -0.4 is 25.3 Å². The first-order valence-electron chi connectivity index (χ1n) is 9.61. The SMILES string of the molecule is COc1cc(OC)c(C)c(OCCCCC(=O)NCCCCC/C=C\N)c1. The van der Waals surface area contributed by atoms with Gasteiger partial charge in [0.1, 0.15) is 17.2 Å². The van der Waals surface area contributed by atoms with Crippen molar-refractivity contribution in [3.63, 3.8) is 0 Å². The molecule has 6 nitrogen and oxygen atoms in total. The lowest BCUT2D eigenvalue weighted by atomic mass is 10.2. The number of hydrogen-bond acceptors (Lipinski definition) is 5. The van der Waals surface area contributed by atoms with Crippen LogP contribution in [0.15, 0.2) is 24.4 Å². The minimum Gasteiger partial charge on any atom is -0.496 e. The number of allylic oxidation sites excluding steroid dienone is 1. The molecule has 0 atom stereocenters. The molecule has 6 heteroatoms. The molecule has 1 amide bonds. The van der Waals surface area contributed by atoms with Crippen molar-refractivity contribution >= 4 is 5.91 Å². The molecule has 0 aliphatic rings. The lowest BCUT2D eigenvalue weighted by Gasteiger charge is -2.14. The molecule has 27 heavy (non-hydrogen) atoms. The minimum atomic E-state index is 0.107. The maximum atomic E-state index is 11.8. The molecule has 0 fully saturated rings. The molecule has 0 unspecified atom stereocenters. The summed E-state index contributed by atoms with van der Waals surface area (Å²) in [7, 11) is 3.24. The van der Waals surface area contributed by atoms with Gasteiger partial charge >= 0.3 is 0 Å². The van der Waals surface area contributed by atoms with E-state index in [0.29, 0.717) is 18.8 Å². The van der Waals surface area contributed by atoms with Crippen LogP contribution in [0.2, 0.25) is 0 Å². The van der Waals surface area contributed by atoms with E-state index in [1.165, 1.54) is 0 Å². The molecule has 0 aliphatic heterocycles. The number of nitrogens with one attached hydrogen (secondary N) is 1. The third-order valence-corrected chi connectivity index (χ3v) is 4.30. The summed E-state index contributed by atoms with van der Waals surface area (Å²) in [5.41, 5.74) is 6.23. The van der Waals surface area contributed by atoms with E-state index in [4.69, 9.17) is 19.9 Å². The number of rotatable bonds is 14. The Morgan fingerprint density at radius 2 is 1.85 bits per heavy atom. The van der Waals surface area contributed by atoms with Gasteiger partial charge in [-0.1, -0.05) is 12.5 Å². The quantitative estimate of drug-likeness (QED) is 0.482. The summed E-state index contributed by atoms with van der Waals surface area (Å²) < 4.78 is 16.4. The topological polar surface area (TPSA) is 82.8 Å². The zero-order chi connectivity index (χ0) is 19.9. The summed E-state index contributed by atoms with van der Waals surface area (Å²) in [4.78, 5) is 11.8. The molecule has 0 aliphatic carbocycles. The molecule has 1 aromatic carbocycles. The van der Waals surface area contributed by atoms with Crippen LogP contribution in [0.1, 0.15) is 50.5 Å². The largest absolute Gasteiger partial charge is 0.496 e. The summed E-state index contributed by atoms with van der Waals surface area (Å²) in [5, 5.41) is 2.97. The monoisotopic (exact) mass is 378 g/mol. The fourth-order valence-corrected chi connectivity index (χ4v) is 2.66. The molecular weight excluding hydrogens is 344 g/mol. The van der Waals surface area contributed by atoms with Crippen LogP contribution in [0.5, 0.6) is 17.2 Å². The molecule has 0 aromatic heterocycles. The van der Waals surface area contributed by atoms with Crippen molar-refractivity contribution in [3.05, 3.63) is 30.0 Å². The second-order valence-corrected chi connectivity index (χ2v) is 6.39. The molecular formula is C21H34N2O4. The Balaban J connectivity index is 2.17. The Morgan fingerprint density at radius 3 is 2.56 bits per heavy atom. The average molecular weight is 379 g/mol. The van der Waals surface area contributed by atoms with Gasteiger partial charge in [0.25, 0.3) is 0 Å². The molecule has 0 saturated heterocycles. The Morgan fingerprint density at radius 1 is 1.07 bits per heavy atom. The molecule has 1 rings (SSSR count). The van der Waals surface area contributed by atoms with Crippen molar-refractivity contribution in [3.8, 4) is 17.2 Å². The maximum absolute atomic E-state index is 11.8. The normalized spacial score (nSPS) is 10.8.